The summed E-state index contributed by atoms with van der Waals surface area (Å²) in [5, 5.41) is 6.93. The first kappa shape index (κ1) is 20.9. The van der Waals surface area contributed by atoms with Crippen LogP contribution in [0, 0.1) is 0 Å². The van der Waals surface area contributed by atoms with Crippen LogP contribution in [0.5, 0.6) is 0 Å². The molecule has 1 aromatic heterocycles. The molecule has 2 rings (SSSR count). The summed E-state index contributed by atoms with van der Waals surface area (Å²) in [6.45, 7) is 5.32. The highest BCUT2D eigenvalue weighted by Gasteiger charge is 2.17. The van der Waals surface area contributed by atoms with E-state index in [1.54, 1.807) is 43.5 Å². The van der Waals surface area contributed by atoms with Gasteiger partial charge in [0.1, 0.15) is 0 Å². The van der Waals surface area contributed by atoms with Gasteiger partial charge >= 0.3 is 5.97 Å². The Balaban J connectivity index is 1.87. The molecule has 0 radical (unpaired) electrons. The highest BCUT2D eigenvalue weighted by molar-refractivity contribution is 8.02. The number of hydrogen-bond acceptors (Lipinski definition) is 7. The summed E-state index contributed by atoms with van der Waals surface area (Å²) in [6, 6.07) is 6.89. The first-order valence-electron chi connectivity index (χ1n) is 8.32. The van der Waals surface area contributed by atoms with Crippen molar-refractivity contribution in [2.24, 2.45) is 0 Å². The molecule has 1 aromatic carbocycles. The van der Waals surface area contributed by atoms with Gasteiger partial charge in [0.25, 0.3) is 0 Å². The number of rotatable bonds is 8. The second kappa shape index (κ2) is 10.1. The van der Waals surface area contributed by atoms with Gasteiger partial charge in [-0.2, -0.15) is 0 Å². The molecule has 2 amide bonds. The lowest BCUT2D eigenvalue weighted by Crippen LogP contribution is -2.22. The molecule has 0 saturated heterocycles. The smallest absolute Gasteiger partial charge is 0.311 e. The van der Waals surface area contributed by atoms with Crippen molar-refractivity contribution in [3.8, 4) is 0 Å². The fourth-order valence-electron chi connectivity index (χ4n) is 2.07. The lowest BCUT2D eigenvalue weighted by atomic mass is 10.2. The van der Waals surface area contributed by atoms with Gasteiger partial charge < -0.3 is 15.4 Å². The highest BCUT2D eigenvalue weighted by atomic mass is 32.2. The summed E-state index contributed by atoms with van der Waals surface area (Å²) in [5.41, 5.74) is 1.95. The summed E-state index contributed by atoms with van der Waals surface area (Å²) in [5.74, 6) is -0.621. The zero-order valence-electron chi connectivity index (χ0n) is 15.3. The summed E-state index contributed by atoms with van der Waals surface area (Å²) in [6.07, 6.45) is 0.131. The van der Waals surface area contributed by atoms with Crippen molar-refractivity contribution in [2.75, 3.05) is 17.2 Å². The molecule has 1 heterocycles. The number of thioether (sulfide) groups is 1. The number of thiazole rings is 1. The van der Waals surface area contributed by atoms with Crippen LogP contribution < -0.4 is 10.6 Å². The molecule has 0 unspecified atom stereocenters. The van der Waals surface area contributed by atoms with Crippen molar-refractivity contribution < 1.29 is 19.1 Å². The number of nitrogens with zero attached hydrogens (tertiary/aromatic N) is 1. The van der Waals surface area contributed by atoms with E-state index in [9.17, 15) is 14.4 Å². The van der Waals surface area contributed by atoms with Crippen molar-refractivity contribution in [3.63, 3.8) is 0 Å². The number of amides is 2. The van der Waals surface area contributed by atoms with E-state index in [2.05, 4.69) is 15.6 Å². The largest absolute Gasteiger partial charge is 0.466 e. The fraction of sp³-hybridized carbons (Fsp3) is 0.333. The van der Waals surface area contributed by atoms with E-state index >= 15 is 0 Å². The Kier molecular flexibility index (Phi) is 7.81. The number of anilines is 2. The summed E-state index contributed by atoms with van der Waals surface area (Å²) >= 11 is 2.72. The molecule has 0 aliphatic rings. The number of benzene rings is 1. The average molecular weight is 408 g/mol. The third kappa shape index (κ3) is 7.03. The molecule has 9 heteroatoms. The van der Waals surface area contributed by atoms with Crippen LogP contribution in [0.2, 0.25) is 0 Å². The second-order valence-electron chi connectivity index (χ2n) is 5.59. The van der Waals surface area contributed by atoms with Crippen LogP contribution in [0.4, 0.5) is 11.4 Å². The zero-order valence-corrected chi connectivity index (χ0v) is 16.9. The Morgan fingerprint density at radius 1 is 1.19 bits per heavy atom. The van der Waals surface area contributed by atoms with Crippen LogP contribution in [0.15, 0.2) is 34.0 Å². The van der Waals surface area contributed by atoms with E-state index in [1.807, 2.05) is 0 Å². The van der Waals surface area contributed by atoms with Crippen LogP contribution in [0.1, 0.15) is 26.5 Å². The molecular formula is C18H21N3O4S2. The maximum atomic E-state index is 12.4. The maximum absolute atomic E-state index is 12.4. The molecule has 0 saturated carbocycles. The van der Waals surface area contributed by atoms with E-state index in [-0.39, 0.29) is 29.5 Å². The van der Waals surface area contributed by atoms with Gasteiger partial charge in [-0.1, -0.05) is 11.8 Å². The number of nitrogens with one attached hydrogen (secondary N) is 2. The minimum atomic E-state index is -0.360. The number of esters is 1. The fourth-order valence-corrected chi connectivity index (χ4v) is 4.05. The van der Waals surface area contributed by atoms with Gasteiger partial charge in [-0.3, -0.25) is 14.4 Å². The van der Waals surface area contributed by atoms with Gasteiger partial charge in [0.05, 0.1) is 24.0 Å². The molecule has 0 bridgehead atoms. The number of ether oxygens (including phenoxy) is 1. The predicted octanol–water partition coefficient (Wildman–Crippen LogP) is 3.33. The van der Waals surface area contributed by atoms with E-state index in [0.29, 0.717) is 23.7 Å². The molecule has 27 heavy (non-hydrogen) atoms. The number of carbonyl (C=O) groups is 3. The Morgan fingerprint density at radius 3 is 2.41 bits per heavy atom. The molecule has 144 valence electrons. The number of carbonyl (C=O) groups excluding carboxylic acids is 3. The molecule has 0 aliphatic carbocycles. The van der Waals surface area contributed by atoms with Crippen LogP contribution >= 0.6 is 23.1 Å². The van der Waals surface area contributed by atoms with Crippen molar-refractivity contribution in [1.82, 2.24) is 4.98 Å². The normalized spacial score (nSPS) is 11.5. The minimum Gasteiger partial charge on any atom is -0.466 e. The van der Waals surface area contributed by atoms with Crippen LogP contribution in [0.25, 0.3) is 0 Å². The standard InChI is InChI=1S/C18H21N3O4S2/c1-4-25-16(23)9-15-10-26-18(21-15)27-11(2)17(24)20-14-7-5-13(6-8-14)19-12(3)22/h5-8,10-11H,4,9H2,1-3H3,(H,19,22)(H,20,24)/t11-/m1/s1. The van der Waals surface area contributed by atoms with Gasteiger partial charge in [-0.25, -0.2) is 4.98 Å². The predicted molar refractivity (Wildman–Crippen MR) is 107 cm³/mol. The maximum Gasteiger partial charge on any atom is 0.311 e. The van der Waals surface area contributed by atoms with Gasteiger partial charge in [0.2, 0.25) is 11.8 Å². The Bertz CT molecular complexity index is 805. The monoisotopic (exact) mass is 407 g/mol. The van der Waals surface area contributed by atoms with E-state index in [1.165, 1.54) is 30.0 Å². The van der Waals surface area contributed by atoms with Crippen LogP contribution in [-0.4, -0.2) is 34.6 Å². The summed E-state index contributed by atoms with van der Waals surface area (Å²) < 4.78 is 5.62. The van der Waals surface area contributed by atoms with Crippen molar-refractivity contribution in [1.29, 1.82) is 0 Å². The van der Waals surface area contributed by atoms with Gasteiger partial charge in [-0.15, -0.1) is 11.3 Å². The molecule has 7 nitrogen and oxygen atoms in total. The van der Waals surface area contributed by atoms with Gasteiger partial charge in [-0.05, 0) is 38.1 Å². The third-order valence-electron chi connectivity index (χ3n) is 3.28. The van der Waals surface area contributed by atoms with Gasteiger partial charge in [0, 0.05) is 23.7 Å². The first-order chi connectivity index (χ1) is 12.9. The lowest BCUT2D eigenvalue weighted by molar-refractivity contribution is -0.142. The molecule has 1 atom stereocenters. The molecule has 0 aliphatic heterocycles. The molecule has 0 spiro atoms. The zero-order chi connectivity index (χ0) is 19.8. The number of aromatic nitrogens is 1. The van der Waals surface area contributed by atoms with E-state index < -0.39 is 0 Å². The SMILES string of the molecule is CCOC(=O)Cc1csc(S[C@H](C)C(=O)Nc2ccc(NC(C)=O)cc2)n1. The van der Waals surface area contributed by atoms with E-state index in [0.717, 1.165) is 4.34 Å². The molecule has 2 N–H and O–H groups in total. The second-order valence-corrected chi connectivity index (χ2v) is 8.04. The van der Waals surface area contributed by atoms with Crippen LogP contribution in [-0.2, 0) is 25.5 Å². The van der Waals surface area contributed by atoms with E-state index in [4.69, 9.17) is 4.74 Å². The quantitative estimate of drug-likeness (QED) is 0.515. The Labute approximate surface area is 165 Å². The molecular weight excluding hydrogens is 386 g/mol. The molecule has 0 fully saturated rings. The van der Waals surface area contributed by atoms with Crippen molar-refractivity contribution >= 4 is 52.3 Å². The van der Waals surface area contributed by atoms with Crippen molar-refractivity contribution in [2.45, 2.75) is 36.8 Å². The highest BCUT2D eigenvalue weighted by Crippen LogP contribution is 2.28. The number of hydrogen-bond donors (Lipinski definition) is 2. The summed E-state index contributed by atoms with van der Waals surface area (Å²) in [4.78, 5) is 39.2. The van der Waals surface area contributed by atoms with Crippen molar-refractivity contribution in [3.05, 3.63) is 35.3 Å². The summed E-state index contributed by atoms with van der Waals surface area (Å²) in [7, 11) is 0. The Hall–Kier alpha value is -2.39. The average Bonchev–Trinajstić information content (AvgIpc) is 3.03. The lowest BCUT2D eigenvalue weighted by Gasteiger charge is -2.11. The third-order valence-corrected chi connectivity index (χ3v) is 5.40. The van der Waals surface area contributed by atoms with Gasteiger partial charge in [0.15, 0.2) is 4.34 Å². The molecule has 2 aromatic rings. The van der Waals surface area contributed by atoms with Crippen LogP contribution in [0.3, 0.4) is 0 Å². The Morgan fingerprint density at radius 2 is 1.81 bits per heavy atom. The first-order valence-corrected chi connectivity index (χ1v) is 10.1. The minimum absolute atomic E-state index is 0.131. The topological polar surface area (TPSA) is 97.4 Å².